The molecule has 2 heterocycles. The highest BCUT2D eigenvalue weighted by Gasteiger charge is 2.62. The average Bonchev–Trinajstić information content (AvgIpc) is 3.49. The lowest BCUT2D eigenvalue weighted by atomic mass is 9.72. The standard InChI is InChI=1S/C34H32N2O3S/c1-25-17-19-29(20-18-25)40(38,39)36-22-21-34(32(36)26(2)23-27-11-5-3-6-12-27)30-15-9-10-16-31(30)35(33(34)37)24-28-13-7-4-8-14-28/h3-20,23,32H,21-22,24H2,1-2H3/b26-23+/t32-,34-/m1/s1. The first-order chi connectivity index (χ1) is 19.3. The highest BCUT2D eigenvalue weighted by Crippen LogP contribution is 2.54. The fraction of sp³-hybridized carbons (Fsp3) is 0.206. The van der Waals surface area contributed by atoms with Gasteiger partial charge in [0, 0.05) is 12.2 Å². The number of rotatable bonds is 6. The number of nitrogens with zero attached hydrogens (tertiary/aromatic N) is 2. The molecule has 6 heteroatoms. The largest absolute Gasteiger partial charge is 0.307 e. The molecule has 40 heavy (non-hydrogen) atoms. The Kier molecular flexibility index (Phi) is 6.69. The molecule has 2 aliphatic rings. The Balaban J connectivity index is 1.52. The number of amides is 1. The predicted octanol–water partition coefficient (Wildman–Crippen LogP) is 6.35. The van der Waals surface area contributed by atoms with Gasteiger partial charge in [0.25, 0.3) is 0 Å². The number of carbonyl (C=O) groups excluding carboxylic acids is 1. The number of benzene rings is 4. The van der Waals surface area contributed by atoms with Gasteiger partial charge in [0.15, 0.2) is 0 Å². The first-order valence-electron chi connectivity index (χ1n) is 13.6. The number of sulfonamides is 1. The minimum Gasteiger partial charge on any atom is -0.307 e. The van der Waals surface area contributed by atoms with E-state index in [2.05, 4.69) is 0 Å². The van der Waals surface area contributed by atoms with E-state index in [0.29, 0.717) is 13.0 Å². The molecule has 2 atom stereocenters. The lowest BCUT2D eigenvalue weighted by Crippen LogP contribution is -2.51. The van der Waals surface area contributed by atoms with Crippen molar-refractivity contribution in [2.75, 3.05) is 11.4 Å². The van der Waals surface area contributed by atoms with Gasteiger partial charge in [-0.05, 0) is 55.2 Å². The van der Waals surface area contributed by atoms with Crippen molar-refractivity contribution < 1.29 is 13.2 Å². The van der Waals surface area contributed by atoms with E-state index in [0.717, 1.165) is 33.5 Å². The van der Waals surface area contributed by atoms with Crippen LogP contribution in [0.15, 0.2) is 120 Å². The summed E-state index contributed by atoms with van der Waals surface area (Å²) in [5.41, 5.74) is 4.53. The van der Waals surface area contributed by atoms with Crippen LogP contribution in [0, 0.1) is 6.92 Å². The number of anilines is 1. The van der Waals surface area contributed by atoms with Gasteiger partial charge in [-0.1, -0.05) is 108 Å². The SMILES string of the molecule is C/C(=C\c1ccccc1)[C@H]1N(S(=O)(=O)c2ccc(C)cc2)CC[C@]12C(=O)N(Cc1ccccc1)c1ccccc12. The minimum atomic E-state index is -3.89. The van der Waals surface area contributed by atoms with Crippen molar-refractivity contribution in [3.63, 3.8) is 0 Å². The second kappa shape index (κ2) is 10.2. The van der Waals surface area contributed by atoms with Crippen LogP contribution in [-0.2, 0) is 26.8 Å². The van der Waals surface area contributed by atoms with Crippen molar-refractivity contribution in [1.29, 1.82) is 0 Å². The molecule has 0 N–H and O–H groups in total. The fourth-order valence-electron chi connectivity index (χ4n) is 6.39. The quantitative estimate of drug-likeness (QED) is 0.282. The smallest absolute Gasteiger partial charge is 0.243 e. The normalized spacial score (nSPS) is 21.2. The van der Waals surface area contributed by atoms with Gasteiger partial charge in [-0.25, -0.2) is 8.42 Å². The van der Waals surface area contributed by atoms with E-state index in [9.17, 15) is 13.2 Å². The molecule has 0 aliphatic carbocycles. The molecule has 202 valence electrons. The molecule has 1 saturated heterocycles. The van der Waals surface area contributed by atoms with E-state index in [1.54, 1.807) is 16.4 Å². The number of carbonyl (C=O) groups is 1. The van der Waals surface area contributed by atoms with E-state index < -0.39 is 21.5 Å². The van der Waals surface area contributed by atoms with Crippen LogP contribution >= 0.6 is 0 Å². The van der Waals surface area contributed by atoms with E-state index in [1.165, 1.54) is 0 Å². The van der Waals surface area contributed by atoms with Gasteiger partial charge in [0.05, 0.1) is 22.9 Å². The zero-order chi connectivity index (χ0) is 27.9. The zero-order valence-electron chi connectivity index (χ0n) is 22.7. The average molecular weight is 549 g/mol. The molecule has 4 aromatic carbocycles. The van der Waals surface area contributed by atoms with Crippen LogP contribution in [0.2, 0.25) is 0 Å². The van der Waals surface area contributed by atoms with Crippen molar-refractivity contribution in [2.45, 2.75) is 43.2 Å². The van der Waals surface area contributed by atoms with Crippen molar-refractivity contribution in [3.05, 3.63) is 137 Å². The van der Waals surface area contributed by atoms with Crippen LogP contribution in [0.5, 0.6) is 0 Å². The Hall–Kier alpha value is -4.00. The van der Waals surface area contributed by atoms with Crippen LogP contribution in [0.3, 0.4) is 0 Å². The Morgan fingerprint density at radius 3 is 2.20 bits per heavy atom. The lowest BCUT2D eigenvalue weighted by molar-refractivity contribution is -0.123. The van der Waals surface area contributed by atoms with Crippen molar-refractivity contribution in [1.82, 2.24) is 4.31 Å². The third-order valence-corrected chi connectivity index (χ3v) is 10.1. The van der Waals surface area contributed by atoms with Crippen molar-refractivity contribution >= 4 is 27.7 Å². The molecule has 6 rings (SSSR count). The number of aryl methyl sites for hydroxylation is 1. The molecular formula is C34H32N2O3S. The fourth-order valence-corrected chi connectivity index (χ4v) is 8.10. The predicted molar refractivity (Wildman–Crippen MR) is 159 cm³/mol. The Morgan fingerprint density at radius 1 is 0.875 bits per heavy atom. The van der Waals surface area contributed by atoms with Gasteiger partial charge >= 0.3 is 0 Å². The van der Waals surface area contributed by atoms with E-state index >= 15 is 0 Å². The topological polar surface area (TPSA) is 57.7 Å². The monoisotopic (exact) mass is 548 g/mol. The highest BCUT2D eigenvalue weighted by atomic mass is 32.2. The Morgan fingerprint density at radius 2 is 1.50 bits per heavy atom. The maximum atomic E-state index is 14.7. The van der Waals surface area contributed by atoms with Gasteiger partial charge in [0.1, 0.15) is 0 Å². The van der Waals surface area contributed by atoms with E-state index in [-0.39, 0.29) is 17.3 Å². The summed E-state index contributed by atoms with van der Waals surface area (Å²) in [6.07, 6.45) is 2.43. The van der Waals surface area contributed by atoms with Gasteiger partial charge in [-0.3, -0.25) is 4.79 Å². The summed E-state index contributed by atoms with van der Waals surface area (Å²) in [7, 11) is -3.89. The highest BCUT2D eigenvalue weighted by molar-refractivity contribution is 7.89. The third-order valence-electron chi connectivity index (χ3n) is 8.22. The summed E-state index contributed by atoms with van der Waals surface area (Å²) in [5.74, 6) is -0.0510. The molecule has 0 bridgehead atoms. The molecule has 5 nitrogen and oxygen atoms in total. The first kappa shape index (κ1) is 26.2. The molecule has 1 amide bonds. The molecular weight excluding hydrogens is 516 g/mol. The van der Waals surface area contributed by atoms with E-state index in [1.807, 2.05) is 122 Å². The summed E-state index contributed by atoms with van der Waals surface area (Å²) in [4.78, 5) is 16.8. The summed E-state index contributed by atoms with van der Waals surface area (Å²) in [5, 5.41) is 0. The third kappa shape index (κ3) is 4.28. The van der Waals surface area contributed by atoms with Crippen LogP contribution in [-0.4, -0.2) is 31.2 Å². The summed E-state index contributed by atoms with van der Waals surface area (Å²) in [6, 6.07) is 34.0. The number of hydrogen-bond donors (Lipinski definition) is 0. The summed E-state index contributed by atoms with van der Waals surface area (Å²) < 4.78 is 30.0. The molecule has 2 aliphatic heterocycles. The summed E-state index contributed by atoms with van der Waals surface area (Å²) >= 11 is 0. The molecule has 1 spiro atoms. The molecule has 0 saturated carbocycles. The number of para-hydroxylation sites is 1. The molecule has 1 fully saturated rings. The Labute approximate surface area is 236 Å². The van der Waals surface area contributed by atoms with Gasteiger partial charge < -0.3 is 4.90 Å². The van der Waals surface area contributed by atoms with Crippen LogP contribution in [0.25, 0.3) is 6.08 Å². The molecule has 4 aromatic rings. The number of fused-ring (bicyclic) bond motifs is 2. The molecule has 0 aromatic heterocycles. The van der Waals surface area contributed by atoms with Crippen LogP contribution in [0.1, 0.15) is 35.6 Å². The first-order valence-corrected chi connectivity index (χ1v) is 15.0. The second-order valence-corrected chi connectivity index (χ2v) is 12.6. The minimum absolute atomic E-state index is 0.0510. The Bertz CT molecular complexity index is 1680. The van der Waals surface area contributed by atoms with Crippen LogP contribution < -0.4 is 4.90 Å². The summed E-state index contributed by atoms with van der Waals surface area (Å²) in [6.45, 7) is 4.57. The molecule has 0 unspecified atom stereocenters. The maximum Gasteiger partial charge on any atom is 0.243 e. The van der Waals surface area contributed by atoms with Crippen LogP contribution in [0.4, 0.5) is 5.69 Å². The number of hydrogen-bond acceptors (Lipinski definition) is 3. The van der Waals surface area contributed by atoms with Gasteiger partial charge in [-0.2, -0.15) is 4.31 Å². The zero-order valence-corrected chi connectivity index (χ0v) is 23.5. The van der Waals surface area contributed by atoms with Gasteiger partial charge in [-0.15, -0.1) is 0 Å². The van der Waals surface area contributed by atoms with Crippen molar-refractivity contribution in [2.24, 2.45) is 0 Å². The van der Waals surface area contributed by atoms with Crippen molar-refractivity contribution in [3.8, 4) is 0 Å². The van der Waals surface area contributed by atoms with Gasteiger partial charge in [0.2, 0.25) is 15.9 Å². The maximum absolute atomic E-state index is 14.7. The second-order valence-electron chi connectivity index (χ2n) is 10.7. The molecule has 0 radical (unpaired) electrons. The lowest BCUT2D eigenvalue weighted by Gasteiger charge is -2.35. The van der Waals surface area contributed by atoms with E-state index in [4.69, 9.17) is 0 Å².